The summed E-state index contributed by atoms with van der Waals surface area (Å²) in [6.45, 7) is 144. The number of thioether (sulfide) groups is 1. The average molecular weight is 1840 g/mol. The summed E-state index contributed by atoms with van der Waals surface area (Å²) in [5, 5.41) is 0. The molecule has 1 nitrogen and oxygen atoms in total. The Hall–Kier alpha value is -0.730. The van der Waals surface area contributed by atoms with Crippen molar-refractivity contribution in [2.45, 2.75) is 596 Å². The standard InChI is InChI=1S/C16H26.C16H32.C15H30.C14H28.C14H26.C12H26.C11H22.C10H22O.C10H22S.C10H22/c1-15(2,3)11-13-7-9-14(10-8-13)12-16(4,5)6;1-14(2,3)12-16(13-15(4,5)6)10-8-7-9-11-16;1-13(2,3)11-15(9-7-8-10-15)12-14(4,5)6;1-13(2,3)11-7-9-12(10-8-11)14(4,5)6;1-13(2,3)11-9-7-8-10-12(11)14(4,5)6;1-10(8-11(2,3)4)9-12(5,6)7;1-9(2,3)11(7-8-11)10(4,5)6;2*1-9(2,3)7-11-8-10(4,5)6;1-9(2,3)7-8-10(4,5)6/h7-10H,11-12H2,1-6H3;7-13H2,1-6H3;7-12H2,1-6H3;11-12H,7-10H2,1-6H3;7-8,11-12H,9-10H2,1-6H3;10H,8-9H2,1-7H3;3*7-8H2,1-6H3;7-8H2,1-6H3. The van der Waals surface area contributed by atoms with E-state index < -0.39 is 0 Å². The third kappa shape index (κ3) is 76.1. The second-order valence-electron chi connectivity index (χ2n) is 67.7. The minimum Gasteiger partial charge on any atom is -0.380 e. The molecule has 0 radical (unpaired) electrons. The first kappa shape index (κ1) is 136. The van der Waals surface area contributed by atoms with Crippen molar-refractivity contribution in [2.24, 2.45) is 154 Å². The molecule has 0 aromatic heterocycles. The third-order valence-corrected chi connectivity index (χ3v) is 29.0. The Labute approximate surface area is 833 Å². The summed E-state index contributed by atoms with van der Waals surface area (Å²) in [5.74, 6) is 6.99. The van der Waals surface area contributed by atoms with E-state index in [0.717, 1.165) is 55.6 Å². The van der Waals surface area contributed by atoms with Crippen molar-refractivity contribution in [3.05, 3.63) is 47.5 Å². The SMILES string of the molecule is CC(C)(C)C1(C(C)(C)C)CC1.CC(C)(C)C1CC=CCC1C(C)(C)C.CC(C)(C)C1CCC(C(C)(C)C)CC1.CC(C)(C)CC1(CC(C)(C)C)CCCC1.CC(C)(C)CC1(CC(C)(C)C)CCCCC1.CC(C)(C)CCC(C)(C)C.CC(C)(C)COCC(C)(C)C.CC(C)(C)CSCC(C)(C)C.CC(C)(C)Cc1ccc(CC(C)(C)C)cc1.CC(CC(C)(C)C)CC(C)(C)C. The molecule has 0 saturated heterocycles. The van der Waals surface area contributed by atoms with Crippen LogP contribution in [0.2, 0.25) is 0 Å². The van der Waals surface area contributed by atoms with E-state index in [-0.39, 0.29) is 0 Å². The van der Waals surface area contributed by atoms with Crippen LogP contribution in [0, 0.1) is 154 Å². The van der Waals surface area contributed by atoms with Crippen molar-refractivity contribution in [3.63, 3.8) is 0 Å². The molecule has 780 valence electrons. The smallest absolute Gasteiger partial charge is 0.0514 e. The molecule has 2 heteroatoms. The number of ether oxygens (including phenoxy) is 1. The van der Waals surface area contributed by atoms with Crippen LogP contribution in [-0.2, 0) is 17.6 Å². The molecule has 0 heterocycles. The zero-order chi connectivity index (χ0) is 104. The lowest BCUT2D eigenvalue weighted by atomic mass is 9.60. The minimum atomic E-state index is 0.297. The van der Waals surface area contributed by atoms with Crippen LogP contribution >= 0.6 is 11.8 Å². The topological polar surface area (TPSA) is 9.23 Å². The lowest BCUT2D eigenvalue weighted by Gasteiger charge is -2.45. The highest BCUT2D eigenvalue weighted by Crippen LogP contribution is 2.68. The van der Waals surface area contributed by atoms with Crippen molar-refractivity contribution in [1.82, 2.24) is 0 Å². The van der Waals surface area contributed by atoms with Crippen molar-refractivity contribution in [2.75, 3.05) is 24.7 Å². The van der Waals surface area contributed by atoms with Crippen LogP contribution in [0.25, 0.3) is 0 Å². The molecule has 0 bridgehead atoms. The van der Waals surface area contributed by atoms with Crippen molar-refractivity contribution >= 4 is 11.8 Å². The monoisotopic (exact) mass is 1840 g/mol. The fraction of sp³-hybridized carbons (Fsp3) is 0.938. The summed E-state index contributed by atoms with van der Waals surface area (Å²) >= 11 is 2.07. The number of rotatable bonds is 13. The van der Waals surface area contributed by atoms with E-state index in [1.54, 1.807) is 0 Å². The summed E-state index contributed by atoms with van der Waals surface area (Å²) in [4.78, 5) is 0. The maximum Gasteiger partial charge on any atom is 0.0514 e. The van der Waals surface area contributed by atoms with Crippen LogP contribution in [0.1, 0.15) is 594 Å². The van der Waals surface area contributed by atoms with Crippen LogP contribution in [0.5, 0.6) is 0 Å². The molecule has 1 aromatic carbocycles. The maximum absolute atomic E-state index is 5.56. The lowest BCUT2D eigenvalue weighted by Crippen LogP contribution is -2.36. The molecule has 130 heavy (non-hydrogen) atoms. The van der Waals surface area contributed by atoms with Gasteiger partial charge in [0, 0.05) is 0 Å². The van der Waals surface area contributed by atoms with E-state index in [0.29, 0.717) is 125 Å². The van der Waals surface area contributed by atoms with E-state index >= 15 is 0 Å². The lowest BCUT2D eigenvalue weighted by molar-refractivity contribution is 0.0275. The van der Waals surface area contributed by atoms with Gasteiger partial charge in [-0.15, -0.1) is 0 Å². The van der Waals surface area contributed by atoms with Gasteiger partial charge in [-0.3, -0.25) is 0 Å². The molecule has 2 unspecified atom stereocenters. The fourth-order valence-corrected chi connectivity index (χ4v) is 23.6. The Morgan fingerprint density at radius 3 is 0.677 bits per heavy atom. The molecule has 5 aliphatic rings. The van der Waals surface area contributed by atoms with Gasteiger partial charge in [-0.1, -0.05) is 491 Å². The molecule has 5 aliphatic carbocycles. The summed E-state index contributed by atoms with van der Waals surface area (Å²) in [6, 6.07) is 9.14. The fourth-order valence-electron chi connectivity index (χ4n) is 22.3. The third-order valence-electron chi connectivity index (χ3n) is 26.8. The molecule has 2 atom stereocenters. The van der Waals surface area contributed by atoms with Crippen LogP contribution < -0.4 is 0 Å². The number of benzene rings is 1. The van der Waals surface area contributed by atoms with E-state index in [2.05, 4.69) is 471 Å². The highest BCUT2D eigenvalue weighted by Gasteiger charge is 2.58. The van der Waals surface area contributed by atoms with Crippen LogP contribution in [0.4, 0.5) is 0 Å². The molecular weight excluding hydrogens is 1590 g/mol. The molecule has 1 aromatic rings. The Balaban J connectivity index is -0.000000681. The molecule has 0 aliphatic heterocycles. The van der Waals surface area contributed by atoms with E-state index in [1.807, 2.05) is 0 Å². The van der Waals surface area contributed by atoms with E-state index in [1.165, 1.54) is 183 Å². The maximum atomic E-state index is 5.56. The summed E-state index contributed by atoms with van der Waals surface area (Å²) in [6.07, 6.45) is 42.5. The van der Waals surface area contributed by atoms with Crippen LogP contribution in [-0.4, -0.2) is 24.7 Å². The Kier molecular flexibility index (Phi) is 55.7. The molecule has 4 fully saturated rings. The zero-order valence-electron chi connectivity index (χ0n) is 103. The van der Waals surface area contributed by atoms with E-state index in [9.17, 15) is 0 Å². The summed E-state index contributed by atoms with van der Waals surface area (Å²) in [7, 11) is 0. The predicted octanol–water partition coefficient (Wildman–Crippen LogP) is 44.8. The molecule has 4 saturated carbocycles. The van der Waals surface area contributed by atoms with Gasteiger partial charge in [-0.2, -0.15) is 11.8 Å². The second kappa shape index (κ2) is 53.4. The van der Waals surface area contributed by atoms with Crippen molar-refractivity contribution < 1.29 is 4.74 Å². The molecular formula is C128H256OS. The van der Waals surface area contributed by atoms with Gasteiger partial charge >= 0.3 is 0 Å². The number of allylic oxidation sites excluding steroid dienone is 2. The van der Waals surface area contributed by atoms with Gasteiger partial charge in [0.15, 0.2) is 0 Å². The Bertz CT molecular complexity index is 2830. The molecule has 6 rings (SSSR count). The average Bonchev–Trinajstić information content (AvgIpc) is 1.57. The largest absolute Gasteiger partial charge is 0.380 e. The van der Waals surface area contributed by atoms with Gasteiger partial charge < -0.3 is 4.74 Å². The quantitative estimate of drug-likeness (QED) is 0.182. The molecule has 0 spiro atoms. The Morgan fingerprint density at radius 1 is 0.277 bits per heavy atom. The molecule has 0 amide bonds. The van der Waals surface area contributed by atoms with Gasteiger partial charge in [0.2, 0.25) is 0 Å². The van der Waals surface area contributed by atoms with Crippen molar-refractivity contribution in [1.29, 1.82) is 0 Å². The van der Waals surface area contributed by atoms with E-state index in [4.69, 9.17) is 4.74 Å². The summed E-state index contributed by atoms with van der Waals surface area (Å²) < 4.78 is 5.56. The number of hydrogen-bond donors (Lipinski definition) is 0. The first-order valence-corrected chi connectivity index (χ1v) is 55.8. The van der Waals surface area contributed by atoms with Crippen molar-refractivity contribution in [3.8, 4) is 0 Å². The second-order valence-corrected chi connectivity index (χ2v) is 68.7. The zero-order valence-corrected chi connectivity index (χ0v) is 103. The van der Waals surface area contributed by atoms with Crippen LogP contribution in [0.15, 0.2) is 36.4 Å². The summed E-state index contributed by atoms with van der Waals surface area (Å²) in [5.41, 5.74) is 14.1. The molecule has 0 N–H and O–H groups in total. The van der Waals surface area contributed by atoms with Gasteiger partial charge in [0.1, 0.15) is 0 Å². The van der Waals surface area contributed by atoms with Gasteiger partial charge in [0.05, 0.1) is 13.2 Å². The normalized spacial score (nSPS) is 19.9. The van der Waals surface area contributed by atoms with Crippen LogP contribution in [0.3, 0.4) is 0 Å². The predicted molar refractivity (Wildman–Crippen MR) is 606 cm³/mol. The van der Waals surface area contributed by atoms with Gasteiger partial charge in [-0.25, -0.2) is 0 Å². The minimum absolute atomic E-state index is 0.297. The van der Waals surface area contributed by atoms with Gasteiger partial charge in [-0.05, 0) is 318 Å². The first-order chi connectivity index (χ1) is 56.8. The van der Waals surface area contributed by atoms with Gasteiger partial charge in [0.25, 0.3) is 0 Å². The highest BCUT2D eigenvalue weighted by atomic mass is 32.2. The highest BCUT2D eigenvalue weighted by molar-refractivity contribution is 7.99. The first-order valence-electron chi connectivity index (χ1n) is 54.6. The Morgan fingerprint density at radius 2 is 0.515 bits per heavy atom. The number of hydrogen-bond acceptors (Lipinski definition) is 2.